The molecule has 0 aliphatic heterocycles. The Labute approximate surface area is 181 Å². The SMILES string of the molecule is COC(=O)CCc1ccc(OC2Cc3ccccc3C2)c(-c2ccc3[nH]ncc3c2)c1. The third kappa shape index (κ3) is 4.04. The summed E-state index contributed by atoms with van der Waals surface area (Å²) < 4.78 is 11.3. The molecule has 5 nitrogen and oxygen atoms in total. The fourth-order valence-electron chi connectivity index (χ4n) is 4.30. The maximum Gasteiger partial charge on any atom is 0.305 e. The second-order valence-electron chi connectivity index (χ2n) is 8.00. The molecule has 5 rings (SSSR count). The monoisotopic (exact) mass is 412 g/mol. The minimum Gasteiger partial charge on any atom is -0.489 e. The van der Waals surface area contributed by atoms with Crippen molar-refractivity contribution >= 4 is 16.9 Å². The summed E-state index contributed by atoms with van der Waals surface area (Å²) in [5.41, 5.74) is 6.90. The van der Waals surface area contributed by atoms with Crippen LogP contribution < -0.4 is 4.74 Å². The number of hydrogen-bond acceptors (Lipinski definition) is 4. The number of H-pyrrole nitrogens is 1. The van der Waals surface area contributed by atoms with Gasteiger partial charge in [0.15, 0.2) is 0 Å². The van der Waals surface area contributed by atoms with Crippen molar-refractivity contribution in [2.75, 3.05) is 7.11 Å². The first kappa shape index (κ1) is 19.4. The first-order valence-electron chi connectivity index (χ1n) is 10.6. The van der Waals surface area contributed by atoms with Crippen molar-refractivity contribution in [2.45, 2.75) is 31.8 Å². The Kier molecular flexibility index (Phi) is 5.16. The molecule has 4 aromatic rings. The molecule has 0 fully saturated rings. The molecule has 1 N–H and O–H groups in total. The lowest BCUT2D eigenvalue weighted by Gasteiger charge is -2.18. The number of rotatable bonds is 6. The Morgan fingerprint density at radius 3 is 2.65 bits per heavy atom. The lowest BCUT2D eigenvalue weighted by atomic mass is 9.98. The number of esters is 1. The molecule has 1 aliphatic rings. The molecule has 0 radical (unpaired) electrons. The van der Waals surface area contributed by atoms with Gasteiger partial charge < -0.3 is 9.47 Å². The van der Waals surface area contributed by atoms with Gasteiger partial charge in [-0.25, -0.2) is 0 Å². The molecule has 1 aromatic heterocycles. The molecule has 156 valence electrons. The van der Waals surface area contributed by atoms with Crippen molar-refractivity contribution in [3.8, 4) is 16.9 Å². The fourth-order valence-corrected chi connectivity index (χ4v) is 4.30. The highest BCUT2D eigenvalue weighted by atomic mass is 16.5. The number of carbonyl (C=O) groups excluding carboxylic acids is 1. The molecule has 0 saturated heterocycles. The summed E-state index contributed by atoms with van der Waals surface area (Å²) in [4.78, 5) is 11.6. The highest BCUT2D eigenvalue weighted by Gasteiger charge is 2.23. The van der Waals surface area contributed by atoms with Crippen molar-refractivity contribution in [3.63, 3.8) is 0 Å². The summed E-state index contributed by atoms with van der Waals surface area (Å²) in [5.74, 6) is 0.660. The van der Waals surface area contributed by atoms with E-state index in [0.29, 0.717) is 12.8 Å². The Bertz CT molecular complexity index is 1220. The van der Waals surface area contributed by atoms with Crippen LogP contribution in [-0.4, -0.2) is 29.4 Å². The van der Waals surface area contributed by atoms with Crippen LogP contribution in [0.2, 0.25) is 0 Å². The molecule has 0 bridgehead atoms. The summed E-state index contributed by atoms with van der Waals surface area (Å²) in [6.45, 7) is 0. The molecule has 1 heterocycles. The average molecular weight is 412 g/mol. The first-order chi connectivity index (χ1) is 15.2. The minimum atomic E-state index is -0.203. The normalized spacial score (nSPS) is 13.3. The van der Waals surface area contributed by atoms with E-state index in [-0.39, 0.29) is 12.1 Å². The van der Waals surface area contributed by atoms with E-state index in [2.05, 4.69) is 52.7 Å². The standard InChI is InChI=1S/C26H24N2O3/c1-30-26(29)11-7-17-6-10-25(31-22-14-18-4-2-3-5-19(18)15-22)23(12-17)20-8-9-24-21(13-20)16-27-28-24/h2-6,8-10,12-13,16,22H,7,11,14-15H2,1H3,(H,27,28). The van der Waals surface area contributed by atoms with Gasteiger partial charge in [0.1, 0.15) is 11.9 Å². The van der Waals surface area contributed by atoms with Gasteiger partial charge in [0, 0.05) is 30.2 Å². The quantitative estimate of drug-likeness (QED) is 0.459. The van der Waals surface area contributed by atoms with Crippen LogP contribution in [0.1, 0.15) is 23.1 Å². The predicted octanol–water partition coefficient (Wildman–Crippen LogP) is 4.88. The van der Waals surface area contributed by atoms with E-state index in [1.807, 2.05) is 24.4 Å². The van der Waals surface area contributed by atoms with E-state index in [0.717, 1.165) is 46.2 Å². The fraction of sp³-hybridized carbons (Fsp3) is 0.231. The number of benzene rings is 3. The van der Waals surface area contributed by atoms with E-state index in [1.165, 1.54) is 18.2 Å². The van der Waals surface area contributed by atoms with Gasteiger partial charge in [0.2, 0.25) is 0 Å². The molecular formula is C26H24N2O3. The summed E-state index contributed by atoms with van der Waals surface area (Å²) in [7, 11) is 1.42. The number of nitrogens with one attached hydrogen (secondary N) is 1. The number of hydrogen-bond donors (Lipinski definition) is 1. The number of methoxy groups -OCH3 is 1. The van der Waals surface area contributed by atoms with Gasteiger partial charge in [-0.05, 0) is 52.9 Å². The Balaban J connectivity index is 1.47. The van der Waals surface area contributed by atoms with Crippen LogP contribution in [0.15, 0.2) is 66.9 Å². The maximum atomic E-state index is 11.6. The topological polar surface area (TPSA) is 64.2 Å². The first-order valence-corrected chi connectivity index (χ1v) is 10.6. The highest BCUT2D eigenvalue weighted by molar-refractivity contribution is 5.85. The molecule has 0 amide bonds. The lowest BCUT2D eigenvalue weighted by molar-refractivity contribution is -0.140. The summed E-state index contributed by atoms with van der Waals surface area (Å²) >= 11 is 0. The van der Waals surface area contributed by atoms with Crippen LogP contribution in [-0.2, 0) is 28.8 Å². The highest BCUT2D eigenvalue weighted by Crippen LogP contribution is 2.35. The number of aromatic amines is 1. The van der Waals surface area contributed by atoms with E-state index in [4.69, 9.17) is 9.47 Å². The van der Waals surface area contributed by atoms with E-state index >= 15 is 0 Å². The van der Waals surface area contributed by atoms with Crippen LogP contribution in [0.5, 0.6) is 5.75 Å². The van der Waals surface area contributed by atoms with Crippen LogP contribution in [0.4, 0.5) is 0 Å². The number of fused-ring (bicyclic) bond motifs is 2. The molecule has 5 heteroatoms. The molecule has 0 unspecified atom stereocenters. The summed E-state index contributed by atoms with van der Waals surface area (Å²) in [6.07, 6.45) is 4.77. The molecule has 0 spiro atoms. The second-order valence-corrected chi connectivity index (χ2v) is 8.00. The van der Waals surface area contributed by atoms with Crippen LogP contribution in [0.3, 0.4) is 0 Å². The number of aryl methyl sites for hydroxylation is 1. The lowest BCUT2D eigenvalue weighted by Crippen LogP contribution is -2.16. The van der Waals surface area contributed by atoms with Gasteiger partial charge in [-0.15, -0.1) is 0 Å². The van der Waals surface area contributed by atoms with Crippen molar-refractivity contribution in [1.29, 1.82) is 0 Å². The van der Waals surface area contributed by atoms with E-state index in [1.54, 1.807) is 0 Å². The number of carbonyl (C=O) groups is 1. The van der Waals surface area contributed by atoms with Crippen molar-refractivity contribution in [2.24, 2.45) is 0 Å². The molecule has 31 heavy (non-hydrogen) atoms. The molecule has 0 saturated carbocycles. The predicted molar refractivity (Wildman–Crippen MR) is 120 cm³/mol. The molecule has 3 aromatic carbocycles. The smallest absolute Gasteiger partial charge is 0.305 e. The zero-order valence-electron chi connectivity index (χ0n) is 17.4. The summed E-state index contributed by atoms with van der Waals surface area (Å²) in [5, 5.41) is 8.18. The average Bonchev–Trinajstić information content (AvgIpc) is 3.43. The molecule has 0 atom stereocenters. The van der Waals surface area contributed by atoms with E-state index in [9.17, 15) is 4.79 Å². The zero-order valence-corrected chi connectivity index (χ0v) is 17.4. The van der Waals surface area contributed by atoms with Gasteiger partial charge in [0.05, 0.1) is 18.8 Å². The molecule has 1 aliphatic carbocycles. The van der Waals surface area contributed by atoms with Crippen LogP contribution in [0, 0.1) is 0 Å². The van der Waals surface area contributed by atoms with Gasteiger partial charge in [-0.3, -0.25) is 9.89 Å². The van der Waals surface area contributed by atoms with Crippen molar-refractivity contribution in [1.82, 2.24) is 10.2 Å². The number of ether oxygens (including phenoxy) is 2. The van der Waals surface area contributed by atoms with E-state index < -0.39 is 0 Å². The van der Waals surface area contributed by atoms with Crippen molar-refractivity contribution < 1.29 is 14.3 Å². The zero-order chi connectivity index (χ0) is 21.2. The Morgan fingerprint density at radius 1 is 1.06 bits per heavy atom. The minimum absolute atomic E-state index is 0.120. The third-order valence-electron chi connectivity index (χ3n) is 5.95. The van der Waals surface area contributed by atoms with Gasteiger partial charge in [-0.2, -0.15) is 5.10 Å². The Hall–Kier alpha value is -3.60. The van der Waals surface area contributed by atoms with Crippen LogP contribution in [0.25, 0.3) is 22.0 Å². The number of nitrogens with zero attached hydrogens (tertiary/aromatic N) is 1. The van der Waals surface area contributed by atoms with Crippen LogP contribution >= 0.6 is 0 Å². The largest absolute Gasteiger partial charge is 0.489 e. The summed E-state index contributed by atoms with van der Waals surface area (Å²) in [6, 6.07) is 21.0. The molecular weight excluding hydrogens is 388 g/mol. The van der Waals surface area contributed by atoms with Gasteiger partial charge in [0.25, 0.3) is 0 Å². The van der Waals surface area contributed by atoms with Gasteiger partial charge >= 0.3 is 5.97 Å². The Morgan fingerprint density at radius 2 is 1.87 bits per heavy atom. The third-order valence-corrected chi connectivity index (χ3v) is 5.95. The van der Waals surface area contributed by atoms with Gasteiger partial charge in [-0.1, -0.05) is 36.4 Å². The van der Waals surface area contributed by atoms with Crippen molar-refractivity contribution in [3.05, 3.63) is 83.6 Å². The maximum absolute atomic E-state index is 11.6. The second kappa shape index (κ2) is 8.26. The number of aromatic nitrogens is 2.